The van der Waals surface area contributed by atoms with Gasteiger partial charge in [-0.05, 0) is 43.5 Å². The van der Waals surface area contributed by atoms with Crippen LogP contribution in [0.25, 0.3) is 6.08 Å². The molecule has 1 aromatic carbocycles. The molecule has 7 heteroatoms. The van der Waals surface area contributed by atoms with Crippen molar-refractivity contribution in [3.05, 3.63) is 52.0 Å². The maximum atomic E-state index is 12.0. The molecule has 2 aromatic rings. The molecule has 154 valence electrons. The summed E-state index contributed by atoms with van der Waals surface area (Å²) >= 11 is 1.59. The first-order valence-corrected chi connectivity index (χ1v) is 10.9. The summed E-state index contributed by atoms with van der Waals surface area (Å²) < 4.78 is 5.76. The number of aromatic nitrogens is 1. The molecule has 0 radical (unpaired) electrons. The smallest absolute Gasteiger partial charge is 0.244 e. The second-order valence-corrected chi connectivity index (χ2v) is 8.23. The van der Waals surface area contributed by atoms with Gasteiger partial charge in [-0.15, -0.1) is 11.3 Å². The van der Waals surface area contributed by atoms with Crippen molar-refractivity contribution < 1.29 is 14.3 Å². The molecule has 1 saturated carbocycles. The van der Waals surface area contributed by atoms with Crippen LogP contribution in [0.2, 0.25) is 0 Å². The second-order valence-electron chi connectivity index (χ2n) is 7.17. The molecular formula is C22H27N3O3S. The molecule has 0 atom stereocenters. The summed E-state index contributed by atoms with van der Waals surface area (Å²) in [5.74, 6) is 0.282. The number of hydrogen-bond acceptors (Lipinski definition) is 5. The van der Waals surface area contributed by atoms with Gasteiger partial charge in [-0.2, -0.15) is 0 Å². The zero-order valence-corrected chi connectivity index (χ0v) is 17.5. The van der Waals surface area contributed by atoms with Gasteiger partial charge in [0.1, 0.15) is 12.4 Å². The minimum atomic E-state index is -0.298. The van der Waals surface area contributed by atoms with Gasteiger partial charge in [-0.25, -0.2) is 4.98 Å². The lowest BCUT2D eigenvalue weighted by Gasteiger charge is -2.22. The van der Waals surface area contributed by atoms with E-state index in [0.717, 1.165) is 41.9 Å². The maximum Gasteiger partial charge on any atom is 0.244 e. The van der Waals surface area contributed by atoms with Gasteiger partial charge in [0.2, 0.25) is 11.8 Å². The van der Waals surface area contributed by atoms with Crippen LogP contribution in [0.3, 0.4) is 0 Å². The quantitative estimate of drug-likeness (QED) is 0.648. The molecule has 0 saturated heterocycles. The number of ether oxygens (including phenoxy) is 1. The molecule has 6 nitrogen and oxygen atoms in total. The number of nitrogens with one attached hydrogen (secondary N) is 2. The van der Waals surface area contributed by atoms with Crippen LogP contribution in [-0.4, -0.2) is 29.4 Å². The summed E-state index contributed by atoms with van der Waals surface area (Å²) in [7, 11) is 0. The summed E-state index contributed by atoms with van der Waals surface area (Å²) in [5, 5.41) is 8.61. The summed E-state index contributed by atoms with van der Waals surface area (Å²) in [6, 6.07) is 7.74. The minimum absolute atomic E-state index is 0.00409. The lowest BCUT2D eigenvalue weighted by atomic mass is 9.95. The largest absolute Gasteiger partial charge is 0.487 e. The van der Waals surface area contributed by atoms with Gasteiger partial charge in [-0.3, -0.25) is 9.59 Å². The van der Waals surface area contributed by atoms with Gasteiger partial charge in [-0.1, -0.05) is 31.4 Å². The lowest BCUT2D eigenvalue weighted by Crippen LogP contribution is -2.42. The molecular weight excluding hydrogens is 386 g/mol. The van der Waals surface area contributed by atoms with Crippen LogP contribution in [0, 0.1) is 6.92 Å². The Kier molecular flexibility index (Phi) is 7.81. The highest BCUT2D eigenvalue weighted by molar-refractivity contribution is 7.09. The fraction of sp³-hybridized carbons (Fsp3) is 0.409. The molecule has 0 bridgehead atoms. The third-order valence-corrected chi connectivity index (χ3v) is 5.55. The van der Waals surface area contributed by atoms with Gasteiger partial charge in [0.05, 0.1) is 17.2 Å². The van der Waals surface area contributed by atoms with Gasteiger partial charge < -0.3 is 15.4 Å². The number of carbonyl (C=O) groups excluding carboxylic acids is 2. The minimum Gasteiger partial charge on any atom is -0.487 e. The Hall–Kier alpha value is -2.67. The lowest BCUT2D eigenvalue weighted by molar-refractivity contribution is -0.124. The fourth-order valence-corrected chi connectivity index (χ4v) is 3.86. The zero-order chi connectivity index (χ0) is 20.5. The first kappa shape index (κ1) is 21.0. The zero-order valence-electron chi connectivity index (χ0n) is 16.6. The van der Waals surface area contributed by atoms with Crippen molar-refractivity contribution >= 4 is 29.2 Å². The van der Waals surface area contributed by atoms with E-state index in [-0.39, 0.29) is 24.4 Å². The summed E-state index contributed by atoms with van der Waals surface area (Å²) in [4.78, 5) is 28.3. The topological polar surface area (TPSA) is 80.3 Å². The third kappa shape index (κ3) is 7.34. The van der Waals surface area contributed by atoms with Crippen LogP contribution in [-0.2, 0) is 16.2 Å². The summed E-state index contributed by atoms with van der Waals surface area (Å²) in [5.41, 5.74) is 1.75. The van der Waals surface area contributed by atoms with E-state index in [2.05, 4.69) is 15.6 Å². The van der Waals surface area contributed by atoms with E-state index in [9.17, 15) is 9.59 Å². The van der Waals surface area contributed by atoms with Crippen LogP contribution in [0.5, 0.6) is 5.75 Å². The maximum absolute atomic E-state index is 12.0. The number of nitrogens with zero attached hydrogens (tertiary/aromatic N) is 1. The highest BCUT2D eigenvalue weighted by atomic mass is 32.1. The second kappa shape index (κ2) is 10.8. The Bertz CT molecular complexity index is 856. The average molecular weight is 414 g/mol. The van der Waals surface area contributed by atoms with E-state index in [4.69, 9.17) is 4.74 Å². The SMILES string of the molecule is Cc1nc(COc2cccc(/C=C/C(=O)NCC(=O)NC3CCCCC3)c2)cs1. The molecule has 0 spiro atoms. The van der Waals surface area contributed by atoms with Crippen molar-refractivity contribution in [1.29, 1.82) is 0 Å². The Morgan fingerprint density at radius 1 is 1.28 bits per heavy atom. The predicted molar refractivity (Wildman–Crippen MR) is 115 cm³/mol. The molecule has 29 heavy (non-hydrogen) atoms. The van der Waals surface area contributed by atoms with Crippen LogP contribution in [0.15, 0.2) is 35.7 Å². The van der Waals surface area contributed by atoms with Gasteiger partial charge in [0.25, 0.3) is 0 Å². The standard InChI is InChI=1S/C22H27N3O3S/c1-16-24-19(15-29-16)14-28-20-9-5-6-17(12-20)10-11-21(26)23-13-22(27)25-18-7-3-2-4-8-18/h5-6,9-12,15,18H,2-4,7-8,13-14H2,1H3,(H,23,26)(H,25,27)/b11-10+. The first-order valence-electron chi connectivity index (χ1n) is 9.97. The monoisotopic (exact) mass is 413 g/mol. The highest BCUT2D eigenvalue weighted by Crippen LogP contribution is 2.18. The summed E-state index contributed by atoms with van der Waals surface area (Å²) in [6.07, 6.45) is 8.74. The van der Waals surface area contributed by atoms with E-state index in [0.29, 0.717) is 12.4 Å². The van der Waals surface area contributed by atoms with Crippen molar-refractivity contribution in [2.45, 2.75) is 51.7 Å². The molecule has 1 heterocycles. The Balaban J connectivity index is 1.42. The number of aryl methyl sites for hydroxylation is 1. The van der Waals surface area contributed by atoms with Crippen molar-refractivity contribution in [3.63, 3.8) is 0 Å². The van der Waals surface area contributed by atoms with Crippen LogP contribution < -0.4 is 15.4 Å². The van der Waals surface area contributed by atoms with Gasteiger partial charge in [0.15, 0.2) is 0 Å². The van der Waals surface area contributed by atoms with Crippen molar-refractivity contribution in [3.8, 4) is 5.75 Å². The van der Waals surface area contributed by atoms with Crippen LogP contribution >= 0.6 is 11.3 Å². The van der Waals surface area contributed by atoms with Crippen molar-refractivity contribution in [2.75, 3.05) is 6.54 Å². The Morgan fingerprint density at radius 2 is 2.10 bits per heavy atom. The van der Waals surface area contributed by atoms with E-state index in [1.54, 1.807) is 17.4 Å². The normalized spacial score (nSPS) is 14.7. The molecule has 2 N–H and O–H groups in total. The van der Waals surface area contributed by atoms with Crippen LogP contribution in [0.1, 0.15) is 48.4 Å². The molecule has 2 amide bonds. The van der Waals surface area contributed by atoms with E-state index >= 15 is 0 Å². The van der Waals surface area contributed by atoms with E-state index in [1.165, 1.54) is 12.5 Å². The van der Waals surface area contributed by atoms with Gasteiger partial charge in [0, 0.05) is 17.5 Å². The number of amides is 2. The number of thiazole rings is 1. The van der Waals surface area contributed by atoms with E-state index in [1.807, 2.05) is 36.6 Å². The highest BCUT2D eigenvalue weighted by Gasteiger charge is 2.15. The molecule has 1 aliphatic rings. The number of carbonyl (C=O) groups is 2. The van der Waals surface area contributed by atoms with Crippen molar-refractivity contribution in [1.82, 2.24) is 15.6 Å². The van der Waals surface area contributed by atoms with Gasteiger partial charge >= 0.3 is 0 Å². The third-order valence-electron chi connectivity index (χ3n) is 4.73. The van der Waals surface area contributed by atoms with Crippen LogP contribution in [0.4, 0.5) is 0 Å². The molecule has 1 aliphatic carbocycles. The summed E-state index contributed by atoms with van der Waals surface area (Å²) in [6.45, 7) is 2.37. The first-order chi connectivity index (χ1) is 14.1. The molecule has 0 aliphatic heterocycles. The Morgan fingerprint density at radius 3 is 2.86 bits per heavy atom. The molecule has 1 fully saturated rings. The van der Waals surface area contributed by atoms with E-state index < -0.39 is 0 Å². The molecule has 1 aromatic heterocycles. The fourth-order valence-electron chi connectivity index (χ4n) is 3.26. The average Bonchev–Trinajstić information content (AvgIpc) is 3.15. The number of benzene rings is 1. The number of hydrogen-bond donors (Lipinski definition) is 2. The number of rotatable bonds is 8. The Labute approximate surface area is 175 Å². The van der Waals surface area contributed by atoms with Crippen molar-refractivity contribution in [2.24, 2.45) is 0 Å². The predicted octanol–water partition coefficient (Wildman–Crippen LogP) is 3.61. The molecule has 3 rings (SSSR count). The molecule has 0 unspecified atom stereocenters.